The first kappa shape index (κ1) is 25.7. The number of morpholine rings is 1. The van der Waals surface area contributed by atoms with Gasteiger partial charge in [-0.1, -0.05) is 36.4 Å². The van der Waals surface area contributed by atoms with Crippen LogP contribution in [0.3, 0.4) is 0 Å². The standard InChI is InChI=1S/C30H26N4O5/c1-31-27(22-9-11-23(12-10-22)32-20-21-5-4-6-24(19-21)34(36)37)14-13-26-29(33-15-17-38-18-16-33)25-7-2-3-8-28(25)39-30(26)35/h2-14,19-20H,15-18H2,1H3/b14-13+,31-27?,32-20?. The second kappa shape index (κ2) is 11.7. The highest BCUT2D eigenvalue weighted by Gasteiger charge is 2.20. The summed E-state index contributed by atoms with van der Waals surface area (Å²) in [6.07, 6.45) is 5.16. The van der Waals surface area contributed by atoms with Gasteiger partial charge in [0.15, 0.2) is 0 Å². The maximum Gasteiger partial charge on any atom is 0.345 e. The third-order valence-corrected chi connectivity index (χ3v) is 6.40. The maximum atomic E-state index is 13.1. The van der Waals surface area contributed by atoms with Crippen molar-refractivity contribution in [2.45, 2.75) is 0 Å². The Morgan fingerprint density at radius 2 is 1.79 bits per heavy atom. The molecule has 0 unspecified atom stereocenters. The van der Waals surface area contributed by atoms with E-state index in [0.717, 1.165) is 16.6 Å². The molecule has 9 heteroatoms. The number of nitro benzene ring substituents is 1. The van der Waals surface area contributed by atoms with Crippen LogP contribution in [0.2, 0.25) is 0 Å². The van der Waals surface area contributed by atoms with Crippen LogP contribution in [-0.4, -0.2) is 50.2 Å². The van der Waals surface area contributed by atoms with Gasteiger partial charge in [-0.15, -0.1) is 0 Å². The summed E-state index contributed by atoms with van der Waals surface area (Å²) in [6.45, 7) is 2.55. The number of aliphatic imine (C=N–C) groups is 2. The molecule has 9 nitrogen and oxygen atoms in total. The number of para-hydroxylation sites is 1. The van der Waals surface area contributed by atoms with Crippen molar-refractivity contribution in [1.82, 2.24) is 0 Å². The van der Waals surface area contributed by atoms with Crippen LogP contribution in [0.25, 0.3) is 17.0 Å². The molecule has 0 radical (unpaired) electrons. The molecule has 0 aliphatic carbocycles. The number of nitrogens with zero attached hydrogens (tertiary/aromatic N) is 4. The SMILES string of the molecule is CN=C(/C=C/c1c(N2CCOCC2)c2ccccc2oc1=O)c1ccc(N=Cc2cccc([N+](=O)[O-])c2)cc1. The average Bonchev–Trinajstić information content (AvgIpc) is 2.97. The van der Waals surface area contributed by atoms with Crippen LogP contribution in [0, 0.1) is 10.1 Å². The van der Waals surface area contributed by atoms with Crippen LogP contribution in [0.15, 0.2) is 98.1 Å². The van der Waals surface area contributed by atoms with Gasteiger partial charge >= 0.3 is 5.63 Å². The average molecular weight is 523 g/mol. The summed E-state index contributed by atoms with van der Waals surface area (Å²) in [4.78, 5) is 34.6. The first-order chi connectivity index (χ1) is 19.0. The molecule has 1 aromatic heterocycles. The molecule has 2 heterocycles. The number of anilines is 1. The molecule has 1 fully saturated rings. The molecule has 0 spiro atoms. The van der Waals surface area contributed by atoms with E-state index in [4.69, 9.17) is 9.15 Å². The summed E-state index contributed by atoms with van der Waals surface area (Å²) in [5.41, 5.74) is 4.32. The molecule has 0 bridgehead atoms. The van der Waals surface area contributed by atoms with E-state index < -0.39 is 10.5 Å². The first-order valence-electron chi connectivity index (χ1n) is 12.5. The lowest BCUT2D eigenvalue weighted by Gasteiger charge is -2.30. The van der Waals surface area contributed by atoms with Gasteiger partial charge in [-0.05, 0) is 47.5 Å². The van der Waals surface area contributed by atoms with Gasteiger partial charge in [0.2, 0.25) is 0 Å². The monoisotopic (exact) mass is 522 g/mol. The van der Waals surface area contributed by atoms with Crippen molar-refractivity contribution in [3.05, 3.63) is 116 Å². The molecule has 196 valence electrons. The molecule has 1 aliphatic heterocycles. The summed E-state index contributed by atoms with van der Waals surface area (Å²) >= 11 is 0. The molecular weight excluding hydrogens is 496 g/mol. The number of rotatable bonds is 7. The number of hydrogen-bond acceptors (Lipinski definition) is 8. The third-order valence-electron chi connectivity index (χ3n) is 6.40. The number of hydrogen-bond donors (Lipinski definition) is 0. The number of ether oxygens (including phenoxy) is 1. The lowest BCUT2D eigenvalue weighted by Crippen LogP contribution is -2.37. The molecule has 0 N–H and O–H groups in total. The van der Waals surface area contributed by atoms with Crippen LogP contribution >= 0.6 is 0 Å². The smallest absolute Gasteiger partial charge is 0.345 e. The highest BCUT2D eigenvalue weighted by atomic mass is 16.6. The summed E-state index contributed by atoms with van der Waals surface area (Å²) in [5, 5.41) is 11.9. The summed E-state index contributed by atoms with van der Waals surface area (Å²) in [7, 11) is 1.69. The number of nitro groups is 1. The summed E-state index contributed by atoms with van der Waals surface area (Å²) in [5.74, 6) is 0. The Balaban J connectivity index is 1.41. The molecule has 1 aliphatic rings. The van der Waals surface area contributed by atoms with E-state index in [1.807, 2.05) is 48.5 Å². The van der Waals surface area contributed by atoms with Crippen molar-refractivity contribution in [3.63, 3.8) is 0 Å². The van der Waals surface area contributed by atoms with Gasteiger partial charge in [-0.25, -0.2) is 4.79 Å². The molecular formula is C30H26N4O5. The summed E-state index contributed by atoms with van der Waals surface area (Å²) < 4.78 is 11.2. The van der Waals surface area contributed by atoms with E-state index in [2.05, 4.69) is 14.9 Å². The lowest BCUT2D eigenvalue weighted by molar-refractivity contribution is -0.384. The van der Waals surface area contributed by atoms with Gasteiger partial charge in [0.05, 0.1) is 40.8 Å². The Morgan fingerprint density at radius 3 is 2.54 bits per heavy atom. The molecule has 39 heavy (non-hydrogen) atoms. The minimum absolute atomic E-state index is 0.0158. The lowest BCUT2D eigenvalue weighted by atomic mass is 10.1. The fourth-order valence-corrected chi connectivity index (χ4v) is 4.47. The number of non-ortho nitro benzene ring substituents is 1. The zero-order valence-corrected chi connectivity index (χ0v) is 21.3. The molecule has 3 aromatic carbocycles. The van der Waals surface area contributed by atoms with E-state index in [9.17, 15) is 14.9 Å². The molecule has 1 saturated heterocycles. The summed E-state index contributed by atoms with van der Waals surface area (Å²) in [6, 6.07) is 21.3. The van der Waals surface area contributed by atoms with Crippen molar-refractivity contribution in [2.75, 3.05) is 38.3 Å². The normalized spacial score (nSPS) is 14.5. The number of benzene rings is 3. The van der Waals surface area contributed by atoms with Crippen molar-refractivity contribution < 1.29 is 14.1 Å². The Kier molecular flexibility index (Phi) is 7.70. The third kappa shape index (κ3) is 5.83. The van der Waals surface area contributed by atoms with Gasteiger partial charge in [0.25, 0.3) is 5.69 Å². The Bertz CT molecular complexity index is 1650. The number of allylic oxidation sites excluding steroid dienone is 1. The largest absolute Gasteiger partial charge is 0.422 e. The highest BCUT2D eigenvalue weighted by molar-refractivity contribution is 6.11. The van der Waals surface area contributed by atoms with Crippen LogP contribution < -0.4 is 10.5 Å². The van der Waals surface area contributed by atoms with E-state index in [1.165, 1.54) is 12.1 Å². The van der Waals surface area contributed by atoms with Crippen molar-refractivity contribution in [1.29, 1.82) is 0 Å². The van der Waals surface area contributed by atoms with Gasteiger partial charge in [-0.3, -0.25) is 20.1 Å². The van der Waals surface area contributed by atoms with Crippen molar-refractivity contribution in [2.24, 2.45) is 9.98 Å². The van der Waals surface area contributed by atoms with E-state index in [1.54, 1.807) is 37.5 Å². The van der Waals surface area contributed by atoms with E-state index >= 15 is 0 Å². The highest BCUT2D eigenvalue weighted by Crippen LogP contribution is 2.30. The van der Waals surface area contributed by atoms with Gasteiger partial charge in [-0.2, -0.15) is 0 Å². The Morgan fingerprint density at radius 1 is 1.03 bits per heavy atom. The first-order valence-corrected chi connectivity index (χ1v) is 12.5. The minimum atomic E-state index is -0.434. The Labute approximate surface area is 224 Å². The van der Waals surface area contributed by atoms with Crippen molar-refractivity contribution >= 4 is 46.0 Å². The minimum Gasteiger partial charge on any atom is -0.422 e. The molecule has 0 amide bonds. The molecule has 5 rings (SSSR count). The van der Waals surface area contributed by atoms with E-state index in [-0.39, 0.29) is 5.69 Å². The quantitative estimate of drug-likeness (QED) is 0.139. The predicted octanol–water partition coefficient (Wildman–Crippen LogP) is 5.42. The van der Waals surface area contributed by atoms with E-state index in [0.29, 0.717) is 54.4 Å². The fourth-order valence-electron chi connectivity index (χ4n) is 4.47. The second-order valence-electron chi connectivity index (χ2n) is 8.85. The number of fused-ring (bicyclic) bond motifs is 1. The van der Waals surface area contributed by atoms with Gasteiger partial charge in [0.1, 0.15) is 5.58 Å². The maximum absolute atomic E-state index is 13.1. The van der Waals surface area contributed by atoms with Crippen LogP contribution in [0.4, 0.5) is 17.1 Å². The van der Waals surface area contributed by atoms with Crippen LogP contribution in [0.1, 0.15) is 16.7 Å². The second-order valence-corrected chi connectivity index (χ2v) is 8.85. The molecule has 4 aromatic rings. The zero-order valence-electron chi connectivity index (χ0n) is 21.3. The fraction of sp³-hybridized carbons (Fsp3) is 0.167. The van der Waals surface area contributed by atoms with Crippen LogP contribution in [0.5, 0.6) is 0 Å². The van der Waals surface area contributed by atoms with Crippen LogP contribution in [-0.2, 0) is 4.74 Å². The van der Waals surface area contributed by atoms with Gasteiger partial charge in [0, 0.05) is 43.9 Å². The topological polar surface area (TPSA) is 111 Å². The van der Waals surface area contributed by atoms with Crippen molar-refractivity contribution in [3.8, 4) is 0 Å². The Hall–Kier alpha value is -4.89. The molecule has 0 saturated carbocycles. The predicted molar refractivity (Wildman–Crippen MR) is 154 cm³/mol. The molecule has 0 atom stereocenters. The zero-order chi connectivity index (χ0) is 27.2. The van der Waals surface area contributed by atoms with Gasteiger partial charge < -0.3 is 14.1 Å².